The van der Waals surface area contributed by atoms with E-state index in [9.17, 15) is 13.2 Å². The van der Waals surface area contributed by atoms with Crippen molar-refractivity contribution in [3.05, 3.63) is 69.4 Å². The highest BCUT2D eigenvalue weighted by Crippen LogP contribution is 2.30. The number of hydrogen-bond acceptors (Lipinski definition) is 2. The molecular weight excluding hydrogens is 321 g/mol. The summed E-state index contributed by atoms with van der Waals surface area (Å²) in [4.78, 5) is 0. The van der Waals surface area contributed by atoms with Crippen LogP contribution in [0.4, 0.5) is 13.2 Å². The van der Waals surface area contributed by atoms with Crippen LogP contribution in [0, 0.1) is 17.5 Å². The third-order valence-electron chi connectivity index (χ3n) is 2.73. The highest BCUT2D eigenvalue weighted by atomic mass is 79.9. The van der Waals surface area contributed by atoms with Crippen LogP contribution in [-0.2, 0) is 0 Å². The topological polar surface area (TPSA) is 38.0 Å². The number of hydrogen-bond donors (Lipinski definition) is 2. The number of nitrogens with two attached hydrogens (primary N) is 1. The predicted molar refractivity (Wildman–Crippen MR) is 69.6 cm³/mol. The predicted octanol–water partition coefficient (Wildman–Crippen LogP) is 3.42. The average molecular weight is 331 g/mol. The van der Waals surface area contributed by atoms with E-state index in [1.165, 1.54) is 18.2 Å². The average Bonchev–Trinajstić information content (AvgIpc) is 2.37. The Bertz CT molecular complexity index is 584. The van der Waals surface area contributed by atoms with Gasteiger partial charge in [-0.25, -0.2) is 18.6 Å². The highest BCUT2D eigenvalue weighted by Gasteiger charge is 2.20. The fourth-order valence-electron chi connectivity index (χ4n) is 1.82. The van der Waals surface area contributed by atoms with Gasteiger partial charge in [0, 0.05) is 10.0 Å². The minimum absolute atomic E-state index is 0.232. The Labute approximate surface area is 116 Å². The number of nitrogens with one attached hydrogen (secondary N) is 1. The van der Waals surface area contributed by atoms with E-state index in [4.69, 9.17) is 5.84 Å². The Morgan fingerprint density at radius 3 is 2.32 bits per heavy atom. The van der Waals surface area contributed by atoms with Gasteiger partial charge in [0.2, 0.25) is 0 Å². The third kappa shape index (κ3) is 2.80. The number of benzene rings is 2. The highest BCUT2D eigenvalue weighted by molar-refractivity contribution is 9.10. The van der Waals surface area contributed by atoms with E-state index < -0.39 is 23.5 Å². The van der Waals surface area contributed by atoms with Crippen LogP contribution >= 0.6 is 15.9 Å². The molecule has 0 amide bonds. The van der Waals surface area contributed by atoms with Gasteiger partial charge in [-0.15, -0.1) is 0 Å². The molecule has 3 N–H and O–H groups in total. The Kier molecular flexibility index (Phi) is 4.24. The van der Waals surface area contributed by atoms with Crippen molar-refractivity contribution >= 4 is 15.9 Å². The first kappa shape index (κ1) is 14.0. The smallest absolute Gasteiger partial charge is 0.159 e. The molecule has 0 radical (unpaired) electrons. The number of hydrazine groups is 1. The van der Waals surface area contributed by atoms with Gasteiger partial charge in [0.25, 0.3) is 0 Å². The van der Waals surface area contributed by atoms with E-state index in [2.05, 4.69) is 21.4 Å². The normalized spacial score (nSPS) is 12.5. The molecule has 0 fully saturated rings. The number of rotatable bonds is 3. The maximum Gasteiger partial charge on any atom is 0.159 e. The quantitative estimate of drug-likeness (QED) is 0.668. The summed E-state index contributed by atoms with van der Waals surface area (Å²) in [6.45, 7) is 0. The van der Waals surface area contributed by atoms with Crippen molar-refractivity contribution in [1.82, 2.24) is 5.43 Å². The Hall–Kier alpha value is -1.37. The minimum Gasteiger partial charge on any atom is -0.271 e. The van der Waals surface area contributed by atoms with Crippen LogP contribution in [0.3, 0.4) is 0 Å². The van der Waals surface area contributed by atoms with Gasteiger partial charge in [-0.2, -0.15) is 0 Å². The van der Waals surface area contributed by atoms with E-state index in [-0.39, 0.29) is 5.56 Å². The Morgan fingerprint density at radius 2 is 1.74 bits per heavy atom. The summed E-state index contributed by atoms with van der Waals surface area (Å²) in [5.41, 5.74) is 2.96. The van der Waals surface area contributed by atoms with Crippen LogP contribution in [0.1, 0.15) is 17.2 Å². The van der Waals surface area contributed by atoms with Crippen molar-refractivity contribution < 1.29 is 13.2 Å². The van der Waals surface area contributed by atoms with Crippen LogP contribution in [0.25, 0.3) is 0 Å². The lowest BCUT2D eigenvalue weighted by Crippen LogP contribution is -2.30. The molecule has 0 spiro atoms. The molecule has 2 rings (SSSR count). The second-order valence-corrected chi connectivity index (χ2v) is 4.76. The summed E-state index contributed by atoms with van der Waals surface area (Å²) in [7, 11) is 0. The lowest BCUT2D eigenvalue weighted by molar-refractivity contribution is 0.501. The maximum absolute atomic E-state index is 13.9. The van der Waals surface area contributed by atoms with Crippen LogP contribution in [0.15, 0.2) is 40.9 Å². The maximum atomic E-state index is 13.9. The van der Waals surface area contributed by atoms with Crippen LogP contribution in [0.5, 0.6) is 0 Å². The molecule has 0 bridgehead atoms. The van der Waals surface area contributed by atoms with Crippen molar-refractivity contribution in [3.63, 3.8) is 0 Å². The molecular formula is C13H10BrF3N2. The molecule has 2 aromatic rings. The van der Waals surface area contributed by atoms with E-state index in [1.807, 2.05) is 0 Å². The van der Waals surface area contributed by atoms with Crippen LogP contribution in [0.2, 0.25) is 0 Å². The molecule has 100 valence electrons. The van der Waals surface area contributed by atoms with Gasteiger partial charge in [-0.3, -0.25) is 5.84 Å². The van der Waals surface area contributed by atoms with Crippen molar-refractivity contribution in [3.8, 4) is 0 Å². The first-order valence-corrected chi connectivity index (χ1v) is 6.19. The first-order valence-electron chi connectivity index (χ1n) is 5.39. The van der Waals surface area contributed by atoms with Crippen molar-refractivity contribution in [2.75, 3.05) is 0 Å². The molecule has 1 atom stereocenters. The molecule has 0 aliphatic heterocycles. The molecule has 1 unspecified atom stereocenters. The summed E-state index contributed by atoms with van der Waals surface area (Å²) in [5.74, 6) is 2.94. The van der Waals surface area contributed by atoms with Crippen LogP contribution < -0.4 is 11.3 Å². The van der Waals surface area contributed by atoms with Gasteiger partial charge in [0.05, 0.1) is 6.04 Å². The van der Waals surface area contributed by atoms with E-state index in [0.717, 1.165) is 12.1 Å². The molecule has 0 heterocycles. The largest absolute Gasteiger partial charge is 0.271 e. The molecule has 2 nitrogen and oxygen atoms in total. The molecule has 0 aliphatic rings. The summed E-state index contributed by atoms with van der Waals surface area (Å²) in [6, 6.07) is 6.96. The number of halogens is 4. The molecule has 0 saturated carbocycles. The fourth-order valence-corrected chi connectivity index (χ4v) is 2.40. The van der Waals surface area contributed by atoms with E-state index in [1.54, 1.807) is 6.07 Å². The molecule has 0 aromatic heterocycles. The lowest BCUT2D eigenvalue weighted by atomic mass is 9.98. The molecule has 0 aliphatic carbocycles. The fraction of sp³-hybridized carbons (Fsp3) is 0.0769. The van der Waals surface area contributed by atoms with Gasteiger partial charge in [0.15, 0.2) is 11.6 Å². The summed E-state index contributed by atoms with van der Waals surface area (Å²) < 4.78 is 40.5. The standard InChI is InChI=1S/C13H10BrF3N2/c14-8-2-1-3-10(16)12(8)13(19-18)7-4-5-9(15)11(17)6-7/h1-6,13,19H,18H2. The van der Waals surface area contributed by atoms with Gasteiger partial charge in [-0.1, -0.05) is 28.1 Å². The summed E-state index contributed by atoms with van der Waals surface area (Å²) in [6.07, 6.45) is 0. The zero-order chi connectivity index (χ0) is 14.0. The monoisotopic (exact) mass is 330 g/mol. The second-order valence-electron chi connectivity index (χ2n) is 3.91. The SMILES string of the molecule is NNC(c1ccc(F)c(F)c1)c1c(F)cccc1Br. The van der Waals surface area contributed by atoms with Gasteiger partial charge < -0.3 is 0 Å². The Balaban J connectivity index is 2.53. The van der Waals surface area contributed by atoms with Crippen LogP contribution in [-0.4, -0.2) is 0 Å². The Morgan fingerprint density at radius 1 is 1.00 bits per heavy atom. The second kappa shape index (κ2) is 5.73. The molecule has 19 heavy (non-hydrogen) atoms. The van der Waals surface area contributed by atoms with Gasteiger partial charge >= 0.3 is 0 Å². The van der Waals surface area contributed by atoms with E-state index >= 15 is 0 Å². The van der Waals surface area contributed by atoms with E-state index in [0.29, 0.717) is 10.0 Å². The lowest BCUT2D eigenvalue weighted by Gasteiger charge is -2.19. The zero-order valence-electron chi connectivity index (χ0n) is 9.63. The minimum atomic E-state index is -1.01. The van der Waals surface area contributed by atoms with Crippen molar-refractivity contribution in [2.45, 2.75) is 6.04 Å². The zero-order valence-corrected chi connectivity index (χ0v) is 11.2. The molecule has 6 heteroatoms. The molecule has 2 aromatic carbocycles. The molecule has 0 saturated heterocycles. The summed E-state index contributed by atoms with van der Waals surface area (Å²) >= 11 is 3.22. The first-order chi connectivity index (χ1) is 9.04. The summed E-state index contributed by atoms with van der Waals surface area (Å²) in [5, 5.41) is 0. The van der Waals surface area contributed by atoms with Gasteiger partial charge in [-0.05, 0) is 29.8 Å². The van der Waals surface area contributed by atoms with Crippen molar-refractivity contribution in [1.29, 1.82) is 0 Å². The van der Waals surface area contributed by atoms with Gasteiger partial charge in [0.1, 0.15) is 5.82 Å². The third-order valence-corrected chi connectivity index (χ3v) is 3.42. The van der Waals surface area contributed by atoms with Crippen molar-refractivity contribution in [2.24, 2.45) is 5.84 Å².